The normalized spacial score (nSPS) is 12.5. The van der Waals surface area contributed by atoms with Crippen LogP contribution in [0, 0.1) is 0 Å². The Balaban J connectivity index is 2.56. The van der Waals surface area contributed by atoms with Crippen LogP contribution in [0.1, 0.15) is 18.7 Å². The number of amides is 1. The van der Waals surface area contributed by atoms with E-state index in [1.165, 1.54) is 11.3 Å². The number of rotatable bonds is 2. The fourth-order valence-electron chi connectivity index (χ4n) is 0.657. The number of carbonyl (C=O) groups is 1. The van der Waals surface area contributed by atoms with Crippen LogP contribution in [0.5, 0.6) is 0 Å². The van der Waals surface area contributed by atoms with Crippen molar-refractivity contribution in [1.29, 1.82) is 0 Å². The van der Waals surface area contributed by atoms with Gasteiger partial charge in [-0.05, 0) is 6.92 Å². The minimum Gasteiger partial charge on any atom is -0.440 e. The fourth-order valence-corrected chi connectivity index (χ4v) is 1.29. The molecular weight excluding hydrogens is 164 g/mol. The fraction of sp³-hybridized carbons (Fsp3) is 0.333. The van der Waals surface area contributed by atoms with Crippen molar-refractivity contribution in [2.24, 2.45) is 5.73 Å². The van der Waals surface area contributed by atoms with Crippen molar-refractivity contribution in [3.63, 3.8) is 0 Å². The summed E-state index contributed by atoms with van der Waals surface area (Å²) in [6.07, 6.45) is -1.12. The quantitative estimate of drug-likeness (QED) is 0.731. The van der Waals surface area contributed by atoms with Gasteiger partial charge in [0.05, 0.1) is 11.2 Å². The van der Waals surface area contributed by atoms with Crippen LogP contribution in [0.2, 0.25) is 0 Å². The molecule has 0 saturated heterocycles. The molecule has 5 heteroatoms. The first-order chi connectivity index (χ1) is 5.20. The van der Waals surface area contributed by atoms with Crippen molar-refractivity contribution >= 4 is 17.4 Å². The zero-order valence-electron chi connectivity index (χ0n) is 5.98. The molecule has 0 aliphatic carbocycles. The highest BCUT2D eigenvalue weighted by Crippen LogP contribution is 2.15. The number of nitrogens with zero attached hydrogens (tertiary/aromatic N) is 1. The lowest BCUT2D eigenvalue weighted by atomic mass is 10.3. The predicted octanol–water partition coefficient (Wildman–Crippen LogP) is 1.30. The minimum atomic E-state index is -0.773. The molecule has 0 spiro atoms. The van der Waals surface area contributed by atoms with Crippen LogP contribution in [0.25, 0.3) is 0 Å². The maximum Gasteiger partial charge on any atom is 0.405 e. The smallest absolute Gasteiger partial charge is 0.405 e. The van der Waals surface area contributed by atoms with E-state index < -0.39 is 6.09 Å². The van der Waals surface area contributed by atoms with Crippen molar-refractivity contribution in [2.45, 2.75) is 13.0 Å². The Bertz CT molecular complexity index is 235. The molecule has 11 heavy (non-hydrogen) atoms. The largest absolute Gasteiger partial charge is 0.440 e. The molecule has 0 aromatic carbocycles. The molecule has 0 aliphatic heterocycles. The van der Waals surface area contributed by atoms with Gasteiger partial charge in [0.2, 0.25) is 0 Å². The van der Waals surface area contributed by atoms with Crippen LogP contribution in [0.3, 0.4) is 0 Å². The van der Waals surface area contributed by atoms with Gasteiger partial charge < -0.3 is 10.5 Å². The first kappa shape index (κ1) is 8.00. The number of thiazole rings is 1. The van der Waals surface area contributed by atoms with E-state index in [1.54, 1.807) is 12.4 Å². The molecular formula is C6H8N2O2S. The Kier molecular flexibility index (Phi) is 2.43. The number of carbonyl (C=O) groups excluding carboxylic acids is 1. The van der Waals surface area contributed by atoms with Crippen LogP contribution in [-0.4, -0.2) is 11.1 Å². The van der Waals surface area contributed by atoms with Gasteiger partial charge in [0, 0.05) is 5.38 Å². The van der Waals surface area contributed by atoms with Gasteiger partial charge in [-0.2, -0.15) is 0 Å². The first-order valence-electron chi connectivity index (χ1n) is 3.04. The molecule has 1 unspecified atom stereocenters. The van der Waals surface area contributed by atoms with E-state index in [9.17, 15) is 4.79 Å². The number of hydrogen-bond donors (Lipinski definition) is 1. The highest BCUT2D eigenvalue weighted by molar-refractivity contribution is 7.07. The molecule has 0 saturated carbocycles. The lowest BCUT2D eigenvalue weighted by molar-refractivity contribution is 0.115. The predicted molar refractivity (Wildman–Crippen MR) is 41.2 cm³/mol. The standard InChI is InChI=1S/C6H8N2O2S/c1-4(10-6(7)9)5-2-11-3-8-5/h2-4H,1H3,(H2,7,9). The van der Waals surface area contributed by atoms with Gasteiger partial charge in [0.15, 0.2) is 0 Å². The molecule has 1 aromatic heterocycles. The van der Waals surface area contributed by atoms with Crippen LogP contribution >= 0.6 is 11.3 Å². The van der Waals surface area contributed by atoms with Crippen molar-refractivity contribution < 1.29 is 9.53 Å². The summed E-state index contributed by atoms with van der Waals surface area (Å²) >= 11 is 1.45. The second-order valence-corrected chi connectivity index (χ2v) is 2.71. The Hall–Kier alpha value is -1.10. The third kappa shape index (κ3) is 2.19. The topological polar surface area (TPSA) is 65.2 Å². The Labute approximate surface area is 68.0 Å². The average Bonchev–Trinajstić information content (AvgIpc) is 2.35. The summed E-state index contributed by atoms with van der Waals surface area (Å²) in [7, 11) is 0. The lowest BCUT2D eigenvalue weighted by Gasteiger charge is -2.06. The molecule has 1 rings (SSSR count). The Morgan fingerprint density at radius 1 is 1.91 bits per heavy atom. The van der Waals surface area contributed by atoms with E-state index >= 15 is 0 Å². The minimum absolute atomic E-state index is 0.348. The maximum absolute atomic E-state index is 10.3. The van der Waals surface area contributed by atoms with E-state index in [4.69, 9.17) is 5.73 Å². The second kappa shape index (κ2) is 3.34. The number of nitrogens with two attached hydrogens (primary N) is 1. The Morgan fingerprint density at radius 2 is 2.64 bits per heavy atom. The van der Waals surface area contributed by atoms with E-state index in [0.29, 0.717) is 0 Å². The number of ether oxygens (including phenoxy) is 1. The van der Waals surface area contributed by atoms with Gasteiger partial charge in [0.25, 0.3) is 0 Å². The van der Waals surface area contributed by atoms with E-state index in [2.05, 4.69) is 9.72 Å². The van der Waals surface area contributed by atoms with Crippen molar-refractivity contribution in [3.8, 4) is 0 Å². The van der Waals surface area contributed by atoms with Crippen molar-refractivity contribution in [3.05, 3.63) is 16.6 Å². The molecule has 0 fully saturated rings. The summed E-state index contributed by atoms with van der Waals surface area (Å²) in [6, 6.07) is 0. The SMILES string of the molecule is CC(OC(N)=O)c1cscn1. The summed E-state index contributed by atoms with van der Waals surface area (Å²) in [5, 5.41) is 1.81. The van der Waals surface area contributed by atoms with Gasteiger partial charge in [-0.25, -0.2) is 9.78 Å². The highest BCUT2D eigenvalue weighted by Gasteiger charge is 2.09. The molecule has 0 aliphatic rings. The van der Waals surface area contributed by atoms with E-state index in [0.717, 1.165) is 5.69 Å². The molecule has 1 aromatic rings. The zero-order chi connectivity index (χ0) is 8.27. The first-order valence-corrected chi connectivity index (χ1v) is 3.98. The summed E-state index contributed by atoms with van der Waals surface area (Å²) in [6.45, 7) is 1.72. The summed E-state index contributed by atoms with van der Waals surface area (Å²) in [5.41, 5.74) is 7.22. The van der Waals surface area contributed by atoms with Gasteiger partial charge in [-0.15, -0.1) is 11.3 Å². The number of aromatic nitrogens is 1. The number of hydrogen-bond acceptors (Lipinski definition) is 4. The Morgan fingerprint density at radius 3 is 3.09 bits per heavy atom. The van der Waals surface area contributed by atoms with Gasteiger partial charge >= 0.3 is 6.09 Å². The number of primary amides is 1. The van der Waals surface area contributed by atoms with Crippen LogP contribution < -0.4 is 5.73 Å². The van der Waals surface area contributed by atoms with Gasteiger partial charge in [-0.3, -0.25) is 0 Å². The molecule has 2 N–H and O–H groups in total. The zero-order valence-corrected chi connectivity index (χ0v) is 6.80. The third-order valence-corrected chi connectivity index (χ3v) is 1.77. The summed E-state index contributed by atoms with van der Waals surface area (Å²) < 4.78 is 4.68. The molecule has 60 valence electrons. The third-order valence-electron chi connectivity index (χ3n) is 1.16. The maximum atomic E-state index is 10.3. The second-order valence-electron chi connectivity index (χ2n) is 1.99. The van der Waals surface area contributed by atoms with Crippen molar-refractivity contribution in [2.75, 3.05) is 0 Å². The van der Waals surface area contributed by atoms with E-state index in [1.807, 2.05) is 5.38 Å². The van der Waals surface area contributed by atoms with E-state index in [-0.39, 0.29) is 6.10 Å². The molecule has 1 amide bonds. The molecule has 1 heterocycles. The highest BCUT2D eigenvalue weighted by atomic mass is 32.1. The van der Waals surface area contributed by atoms with Crippen LogP contribution in [0.4, 0.5) is 4.79 Å². The molecule has 1 atom stereocenters. The van der Waals surface area contributed by atoms with Crippen LogP contribution in [0.15, 0.2) is 10.9 Å². The summed E-state index contributed by atoms with van der Waals surface area (Å²) in [5.74, 6) is 0. The molecule has 0 bridgehead atoms. The average molecular weight is 172 g/mol. The molecule has 0 radical (unpaired) electrons. The summed E-state index contributed by atoms with van der Waals surface area (Å²) in [4.78, 5) is 14.2. The molecule has 4 nitrogen and oxygen atoms in total. The van der Waals surface area contributed by atoms with Gasteiger partial charge in [0.1, 0.15) is 6.10 Å². The monoisotopic (exact) mass is 172 g/mol. The van der Waals surface area contributed by atoms with Gasteiger partial charge in [-0.1, -0.05) is 0 Å². The lowest BCUT2D eigenvalue weighted by Crippen LogP contribution is -2.15. The van der Waals surface area contributed by atoms with Crippen LogP contribution in [-0.2, 0) is 4.74 Å². The van der Waals surface area contributed by atoms with Crippen molar-refractivity contribution in [1.82, 2.24) is 4.98 Å².